The normalized spacial score (nSPS) is 19.3. The number of likely N-dealkylation sites (N-methyl/N-ethyl adjacent to an activating group) is 1. The molecule has 0 saturated heterocycles. The van der Waals surface area contributed by atoms with Crippen LogP contribution in [0, 0.1) is 5.92 Å². The zero-order valence-corrected chi connectivity index (χ0v) is 10.2. The fourth-order valence-electron chi connectivity index (χ4n) is 1.97. The highest BCUT2D eigenvalue weighted by Crippen LogP contribution is 2.30. The van der Waals surface area contributed by atoms with Gasteiger partial charge in [0.2, 0.25) is 0 Å². The summed E-state index contributed by atoms with van der Waals surface area (Å²) in [6.45, 7) is 12.7. The van der Waals surface area contributed by atoms with Crippen molar-refractivity contribution in [1.29, 1.82) is 0 Å². The fraction of sp³-hybridized carbons (Fsp3) is 1.00. The average Bonchev–Trinajstić information content (AvgIpc) is 2.93. The molecule has 0 heterocycles. The second kappa shape index (κ2) is 5.72. The van der Waals surface area contributed by atoms with Crippen LogP contribution in [0.3, 0.4) is 0 Å². The molecule has 0 aromatic carbocycles. The summed E-state index contributed by atoms with van der Waals surface area (Å²) < 4.78 is 0. The lowest BCUT2D eigenvalue weighted by molar-refractivity contribution is 0.154. The quantitative estimate of drug-likeness (QED) is 0.674. The van der Waals surface area contributed by atoms with E-state index < -0.39 is 0 Å². The van der Waals surface area contributed by atoms with E-state index in [0.717, 1.165) is 19.0 Å². The van der Waals surface area contributed by atoms with E-state index in [-0.39, 0.29) is 0 Å². The van der Waals surface area contributed by atoms with Crippen LogP contribution in [-0.4, -0.2) is 36.6 Å². The number of hydrogen-bond acceptors (Lipinski definition) is 2. The Morgan fingerprint density at radius 2 is 1.93 bits per heavy atom. The smallest absolute Gasteiger partial charge is 0.0195 e. The Hall–Kier alpha value is -0.0800. The molecule has 0 radical (unpaired) electrons. The molecule has 2 heteroatoms. The summed E-state index contributed by atoms with van der Waals surface area (Å²) >= 11 is 0. The highest BCUT2D eigenvalue weighted by molar-refractivity contribution is 4.82. The van der Waals surface area contributed by atoms with Crippen molar-refractivity contribution in [3.05, 3.63) is 0 Å². The Morgan fingerprint density at radius 3 is 2.36 bits per heavy atom. The SMILES string of the molecule is CCNCC(C)N(CC1CC1)C(C)C. The molecule has 0 amide bonds. The standard InChI is InChI=1S/C12H26N2/c1-5-13-8-11(4)14(10(2)3)9-12-6-7-12/h10-13H,5-9H2,1-4H3. The van der Waals surface area contributed by atoms with Crippen molar-refractivity contribution >= 4 is 0 Å². The van der Waals surface area contributed by atoms with Gasteiger partial charge in [-0.25, -0.2) is 0 Å². The molecule has 1 rings (SSSR count). The van der Waals surface area contributed by atoms with Gasteiger partial charge in [0.05, 0.1) is 0 Å². The molecule has 84 valence electrons. The first kappa shape index (κ1) is 12.0. The summed E-state index contributed by atoms with van der Waals surface area (Å²) in [6.07, 6.45) is 2.91. The molecule has 1 aliphatic carbocycles. The minimum Gasteiger partial charge on any atom is -0.315 e. The zero-order valence-electron chi connectivity index (χ0n) is 10.2. The first-order valence-corrected chi connectivity index (χ1v) is 6.11. The van der Waals surface area contributed by atoms with Gasteiger partial charge < -0.3 is 5.32 Å². The van der Waals surface area contributed by atoms with Gasteiger partial charge in [0.1, 0.15) is 0 Å². The molecule has 1 N–H and O–H groups in total. The fourth-order valence-corrected chi connectivity index (χ4v) is 1.97. The van der Waals surface area contributed by atoms with E-state index in [1.165, 1.54) is 19.4 Å². The van der Waals surface area contributed by atoms with Crippen molar-refractivity contribution in [2.24, 2.45) is 5.92 Å². The monoisotopic (exact) mass is 198 g/mol. The molecule has 0 aromatic heterocycles. The summed E-state index contributed by atoms with van der Waals surface area (Å²) in [5, 5.41) is 3.44. The van der Waals surface area contributed by atoms with Gasteiger partial charge in [-0.1, -0.05) is 6.92 Å². The molecule has 2 nitrogen and oxygen atoms in total. The molecule has 1 saturated carbocycles. The van der Waals surface area contributed by atoms with Gasteiger partial charge in [-0.15, -0.1) is 0 Å². The van der Waals surface area contributed by atoms with Gasteiger partial charge in [-0.05, 0) is 46.1 Å². The largest absolute Gasteiger partial charge is 0.315 e. The van der Waals surface area contributed by atoms with Crippen molar-refractivity contribution in [1.82, 2.24) is 10.2 Å². The second-order valence-electron chi connectivity index (χ2n) is 4.89. The van der Waals surface area contributed by atoms with Gasteiger partial charge in [0, 0.05) is 25.2 Å². The summed E-state index contributed by atoms with van der Waals surface area (Å²) in [7, 11) is 0. The van der Waals surface area contributed by atoms with Crippen LogP contribution < -0.4 is 5.32 Å². The van der Waals surface area contributed by atoms with Crippen molar-refractivity contribution < 1.29 is 0 Å². The maximum absolute atomic E-state index is 3.44. The van der Waals surface area contributed by atoms with Crippen LogP contribution in [0.1, 0.15) is 40.5 Å². The molecule has 14 heavy (non-hydrogen) atoms. The minimum absolute atomic E-state index is 0.676. The second-order valence-corrected chi connectivity index (χ2v) is 4.89. The van der Waals surface area contributed by atoms with E-state index in [2.05, 4.69) is 37.9 Å². The predicted molar refractivity (Wildman–Crippen MR) is 62.6 cm³/mol. The topological polar surface area (TPSA) is 15.3 Å². The van der Waals surface area contributed by atoms with Crippen LogP contribution in [-0.2, 0) is 0 Å². The van der Waals surface area contributed by atoms with Gasteiger partial charge in [0.15, 0.2) is 0 Å². The number of nitrogens with zero attached hydrogens (tertiary/aromatic N) is 1. The molecular formula is C12H26N2. The number of nitrogens with one attached hydrogen (secondary N) is 1. The molecular weight excluding hydrogens is 172 g/mol. The summed E-state index contributed by atoms with van der Waals surface area (Å²) in [4.78, 5) is 2.64. The molecule has 1 fully saturated rings. The Balaban J connectivity index is 2.30. The average molecular weight is 198 g/mol. The first-order valence-electron chi connectivity index (χ1n) is 6.11. The Labute approximate surface area is 89.1 Å². The lowest BCUT2D eigenvalue weighted by Gasteiger charge is -2.33. The predicted octanol–water partition coefficient (Wildman–Crippen LogP) is 2.10. The third-order valence-electron chi connectivity index (χ3n) is 3.09. The third-order valence-corrected chi connectivity index (χ3v) is 3.09. The van der Waals surface area contributed by atoms with Gasteiger partial charge >= 0.3 is 0 Å². The third kappa shape index (κ3) is 3.97. The van der Waals surface area contributed by atoms with E-state index in [1.807, 2.05) is 0 Å². The lowest BCUT2D eigenvalue weighted by Crippen LogP contribution is -2.45. The Morgan fingerprint density at radius 1 is 1.29 bits per heavy atom. The summed E-state index contributed by atoms with van der Waals surface area (Å²) in [6, 6.07) is 1.36. The number of hydrogen-bond donors (Lipinski definition) is 1. The zero-order chi connectivity index (χ0) is 10.6. The molecule has 1 unspecified atom stereocenters. The van der Waals surface area contributed by atoms with E-state index in [4.69, 9.17) is 0 Å². The lowest BCUT2D eigenvalue weighted by atomic mass is 10.2. The summed E-state index contributed by atoms with van der Waals surface area (Å²) in [5.41, 5.74) is 0. The van der Waals surface area contributed by atoms with E-state index in [1.54, 1.807) is 0 Å². The van der Waals surface area contributed by atoms with Crippen molar-refractivity contribution in [3.8, 4) is 0 Å². The highest BCUT2D eigenvalue weighted by Gasteiger charge is 2.27. The van der Waals surface area contributed by atoms with Crippen molar-refractivity contribution in [3.63, 3.8) is 0 Å². The van der Waals surface area contributed by atoms with Crippen LogP contribution in [0.4, 0.5) is 0 Å². The molecule has 0 bridgehead atoms. The molecule has 0 aromatic rings. The van der Waals surface area contributed by atoms with Gasteiger partial charge in [-0.3, -0.25) is 4.90 Å². The highest BCUT2D eigenvalue weighted by atomic mass is 15.2. The van der Waals surface area contributed by atoms with Crippen LogP contribution >= 0.6 is 0 Å². The van der Waals surface area contributed by atoms with E-state index in [9.17, 15) is 0 Å². The molecule has 0 aliphatic heterocycles. The van der Waals surface area contributed by atoms with Crippen LogP contribution in [0.5, 0.6) is 0 Å². The summed E-state index contributed by atoms with van der Waals surface area (Å²) in [5.74, 6) is 1.00. The first-order chi connectivity index (χ1) is 6.65. The molecule has 1 aliphatic rings. The Kier molecular flexibility index (Phi) is 4.90. The van der Waals surface area contributed by atoms with E-state index >= 15 is 0 Å². The maximum Gasteiger partial charge on any atom is 0.0195 e. The maximum atomic E-state index is 3.44. The Bertz CT molecular complexity index is 152. The van der Waals surface area contributed by atoms with Crippen molar-refractivity contribution in [2.45, 2.75) is 52.6 Å². The van der Waals surface area contributed by atoms with Crippen LogP contribution in [0.2, 0.25) is 0 Å². The van der Waals surface area contributed by atoms with Crippen LogP contribution in [0.25, 0.3) is 0 Å². The van der Waals surface area contributed by atoms with Crippen molar-refractivity contribution in [2.75, 3.05) is 19.6 Å². The van der Waals surface area contributed by atoms with E-state index in [0.29, 0.717) is 12.1 Å². The molecule has 1 atom stereocenters. The molecule has 0 spiro atoms. The van der Waals surface area contributed by atoms with Crippen LogP contribution in [0.15, 0.2) is 0 Å². The number of rotatable bonds is 7. The van der Waals surface area contributed by atoms with Gasteiger partial charge in [-0.2, -0.15) is 0 Å². The van der Waals surface area contributed by atoms with Gasteiger partial charge in [0.25, 0.3) is 0 Å². The minimum atomic E-state index is 0.676.